The molecule has 3 saturated heterocycles. The van der Waals surface area contributed by atoms with Gasteiger partial charge >= 0.3 is 0 Å². The van der Waals surface area contributed by atoms with Gasteiger partial charge in [0.05, 0.1) is 12.7 Å². The zero-order valence-corrected chi connectivity index (χ0v) is 13.5. The molecule has 3 fully saturated rings. The first-order valence-corrected chi connectivity index (χ1v) is 8.57. The van der Waals surface area contributed by atoms with Crippen molar-refractivity contribution < 1.29 is 9.84 Å². The second-order valence-electron chi connectivity index (χ2n) is 6.47. The average molecular weight is 309 g/mol. The highest BCUT2D eigenvalue weighted by Crippen LogP contribution is 2.38. The lowest BCUT2D eigenvalue weighted by molar-refractivity contribution is 0.0215. The van der Waals surface area contributed by atoms with E-state index in [0.717, 1.165) is 42.9 Å². The first kappa shape index (κ1) is 14.6. The van der Waals surface area contributed by atoms with Gasteiger partial charge < -0.3 is 14.7 Å². The van der Waals surface area contributed by atoms with Crippen LogP contribution in [0.1, 0.15) is 25.3 Å². The molecule has 3 nitrogen and oxygen atoms in total. The van der Waals surface area contributed by atoms with Gasteiger partial charge in [-0.25, -0.2) is 0 Å². The number of piperidine rings is 3. The normalized spacial score (nSPS) is 25.3. The molecule has 3 heteroatoms. The van der Waals surface area contributed by atoms with Crippen LogP contribution in [-0.4, -0.2) is 35.8 Å². The molecule has 2 aromatic rings. The fourth-order valence-electron chi connectivity index (χ4n) is 3.93. The quantitative estimate of drug-likeness (QED) is 0.939. The highest BCUT2D eigenvalue weighted by Gasteiger charge is 2.36. The van der Waals surface area contributed by atoms with E-state index in [9.17, 15) is 5.11 Å². The second kappa shape index (κ2) is 5.89. The number of hydrogen-bond donors (Lipinski definition) is 1. The fraction of sp³-hybridized carbons (Fsp3) is 0.400. The maximum atomic E-state index is 10.7. The lowest BCUT2D eigenvalue weighted by Crippen LogP contribution is -2.48. The number of fused-ring (bicyclic) bond motifs is 4. The molecule has 120 valence electrons. The molecule has 3 heterocycles. The van der Waals surface area contributed by atoms with E-state index in [1.165, 1.54) is 10.8 Å². The Morgan fingerprint density at radius 1 is 1.17 bits per heavy atom. The summed E-state index contributed by atoms with van der Waals surface area (Å²) in [7, 11) is 0. The van der Waals surface area contributed by atoms with Crippen LogP contribution in [-0.2, 0) is 0 Å². The minimum atomic E-state index is -0.342. The molecule has 0 radical (unpaired) electrons. The molecule has 5 rings (SSSR count). The van der Waals surface area contributed by atoms with E-state index in [2.05, 4.69) is 41.3 Å². The van der Waals surface area contributed by atoms with E-state index >= 15 is 0 Å². The molecule has 2 bridgehead atoms. The Hall–Kier alpha value is -2.00. The number of benzene rings is 2. The van der Waals surface area contributed by atoms with Crippen LogP contribution in [0.4, 0.5) is 0 Å². The molecule has 1 N–H and O–H groups in total. The summed E-state index contributed by atoms with van der Waals surface area (Å²) in [6, 6.07) is 12.5. The average Bonchev–Trinajstić information content (AvgIpc) is 2.60. The lowest BCUT2D eigenvalue weighted by Gasteiger charge is -2.46. The van der Waals surface area contributed by atoms with Crippen LogP contribution in [0.2, 0.25) is 0 Å². The number of aliphatic hydroxyl groups excluding tert-OH is 1. The Labute approximate surface area is 137 Å². The summed E-state index contributed by atoms with van der Waals surface area (Å²) in [6.07, 6.45) is 4.02. The first-order chi connectivity index (χ1) is 11.3. The number of aliphatic hydroxyl groups is 1. The van der Waals surface area contributed by atoms with Gasteiger partial charge in [0.2, 0.25) is 0 Å². The van der Waals surface area contributed by atoms with Crippen LogP contribution >= 0.6 is 0 Å². The van der Waals surface area contributed by atoms with Crippen molar-refractivity contribution in [1.29, 1.82) is 0 Å². The van der Waals surface area contributed by atoms with Crippen molar-refractivity contribution in [2.75, 3.05) is 19.7 Å². The molecule has 23 heavy (non-hydrogen) atoms. The molecular weight excluding hydrogens is 286 g/mol. The largest absolute Gasteiger partial charge is 0.493 e. The Kier molecular flexibility index (Phi) is 3.74. The lowest BCUT2D eigenvalue weighted by atomic mass is 9.82. The number of rotatable bonds is 3. The van der Waals surface area contributed by atoms with Gasteiger partial charge in [0.25, 0.3) is 0 Å². The van der Waals surface area contributed by atoms with E-state index in [1.54, 1.807) is 0 Å². The minimum absolute atomic E-state index is 0.342. The number of nitrogens with zero attached hydrogens (tertiary/aromatic N) is 1. The summed E-state index contributed by atoms with van der Waals surface area (Å²) in [5.74, 6) is 1.31. The minimum Gasteiger partial charge on any atom is -0.493 e. The molecular formula is C20H23NO2. The van der Waals surface area contributed by atoms with Gasteiger partial charge in [0.15, 0.2) is 0 Å². The van der Waals surface area contributed by atoms with Crippen LogP contribution in [0.3, 0.4) is 0 Å². The van der Waals surface area contributed by atoms with E-state index in [-0.39, 0.29) is 6.10 Å². The van der Waals surface area contributed by atoms with Gasteiger partial charge in [-0.05, 0) is 48.6 Å². The highest BCUT2D eigenvalue weighted by atomic mass is 16.5. The molecule has 0 aromatic heterocycles. The second-order valence-corrected chi connectivity index (χ2v) is 6.47. The smallest absolute Gasteiger partial charge is 0.127 e. The van der Waals surface area contributed by atoms with Crippen LogP contribution in [0.15, 0.2) is 42.1 Å². The molecule has 0 unspecified atom stereocenters. The van der Waals surface area contributed by atoms with E-state index in [0.29, 0.717) is 12.5 Å². The number of ether oxygens (including phenoxy) is 1. The summed E-state index contributed by atoms with van der Waals surface area (Å²) in [5, 5.41) is 13.0. The first-order valence-electron chi connectivity index (χ1n) is 8.57. The SMILES string of the molecule is CCOc1ccc2ccccc2c1/C=C1/[C@@H](O)C2CCN1CC2. The van der Waals surface area contributed by atoms with Crippen LogP contribution in [0.25, 0.3) is 16.8 Å². The third-order valence-corrected chi connectivity index (χ3v) is 5.18. The maximum absolute atomic E-state index is 10.7. The Balaban J connectivity index is 1.86. The van der Waals surface area contributed by atoms with Crippen molar-refractivity contribution in [3.05, 3.63) is 47.7 Å². The standard InChI is InChI=1S/C20H23NO2/c1-2-23-19-8-7-14-5-3-4-6-16(14)17(19)13-18-20(22)15-9-11-21(18)12-10-15/h3-8,13,15,20,22H,2,9-12H2,1H3/b18-13-/t20-/m0/s1. The predicted octanol–water partition coefficient (Wildman–Crippen LogP) is 3.67. The molecule has 2 aromatic carbocycles. The maximum Gasteiger partial charge on any atom is 0.127 e. The van der Waals surface area contributed by atoms with Crippen molar-refractivity contribution in [3.63, 3.8) is 0 Å². The molecule has 0 amide bonds. The Morgan fingerprint density at radius 3 is 2.70 bits per heavy atom. The van der Waals surface area contributed by atoms with Crippen LogP contribution < -0.4 is 4.74 Å². The van der Waals surface area contributed by atoms with Gasteiger partial charge in [-0.15, -0.1) is 0 Å². The summed E-state index contributed by atoms with van der Waals surface area (Å²) < 4.78 is 5.86. The van der Waals surface area contributed by atoms with E-state index in [4.69, 9.17) is 4.74 Å². The van der Waals surface area contributed by atoms with Crippen LogP contribution in [0.5, 0.6) is 5.75 Å². The Morgan fingerprint density at radius 2 is 1.96 bits per heavy atom. The van der Waals surface area contributed by atoms with Crippen molar-refractivity contribution in [1.82, 2.24) is 4.90 Å². The van der Waals surface area contributed by atoms with Crippen molar-refractivity contribution in [2.24, 2.45) is 5.92 Å². The van der Waals surface area contributed by atoms with E-state index < -0.39 is 0 Å². The van der Waals surface area contributed by atoms with Gasteiger partial charge in [-0.3, -0.25) is 0 Å². The predicted molar refractivity (Wildman–Crippen MR) is 93.4 cm³/mol. The third-order valence-electron chi connectivity index (χ3n) is 5.18. The molecule has 3 aliphatic rings. The molecule has 0 spiro atoms. The van der Waals surface area contributed by atoms with Gasteiger partial charge in [-0.1, -0.05) is 30.3 Å². The Bertz CT molecular complexity index is 740. The van der Waals surface area contributed by atoms with Gasteiger partial charge in [0.1, 0.15) is 5.75 Å². The summed E-state index contributed by atoms with van der Waals surface area (Å²) in [4.78, 5) is 2.34. The molecule has 0 aliphatic carbocycles. The highest BCUT2D eigenvalue weighted by molar-refractivity contribution is 5.93. The topological polar surface area (TPSA) is 32.7 Å². The molecule has 0 saturated carbocycles. The van der Waals surface area contributed by atoms with Crippen LogP contribution in [0, 0.1) is 5.92 Å². The van der Waals surface area contributed by atoms with Crippen molar-refractivity contribution >= 4 is 16.8 Å². The zero-order chi connectivity index (χ0) is 15.8. The van der Waals surface area contributed by atoms with Crippen molar-refractivity contribution in [2.45, 2.75) is 25.9 Å². The van der Waals surface area contributed by atoms with Crippen molar-refractivity contribution in [3.8, 4) is 5.75 Å². The zero-order valence-electron chi connectivity index (χ0n) is 13.5. The molecule has 3 aliphatic heterocycles. The van der Waals surface area contributed by atoms with Gasteiger partial charge in [0, 0.05) is 24.4 Å². The summed E-state index contributed by atoms with van der Waals surface area (Å²) >= 11 is 0. The van der Waals surface area contributed by atoms with Gasteiger partial charge in [-0.2, -0.15) is 0 Å². The van der Waals surface area contributed by atoms with E-state index in [1.807, 2.05) is 13.0 Å². The monoisotopic (exact) mass is 309 g/mol. The summed E-state index contributed by atoms with van der Waals surface area (Å²) in [6.45, 7) is 4.76. The third kappa shape index (κ3) is 2.49. The number of hydrogen-bond acceptors (Lipinski definition) is 3. The summed E-state index contributed by atoms with van der Waals surface area (Å²) in [5.41, 5.74) is 2.15. The fourth-order valence-corrected chi connectivity index (χ4v) is 3.93. The molecule has 1 atom stereocenters.